The maximum absolute atomic E-state index is 5.52. The average molecular weight is 297 g/mol. The highest BCUT2D eigenvalue weighted by Gasteiger charge is 2.51. The van der Waals surface area contributed by atoms with Crippen LogP contribution < -0.4 is 0 Å². The molecule has 1 heterocycles. The summed E-state index contributed by atoms with van der Waals surface area (Å²) in [6.45, 7) is 0. The van der Waals surface area contributed by atoms with E-state index in [1.165, 1.54) is 38.5 Å². The Labute approximate surface area is 109 Å². The van der Waals surface area contributed by atoms with Crippen LogP contribution >= 0.6 is 15.9 Å². The Morgan fingerprint density at radius 1 is 1.06 bits per heavy atom. The minimum absolute atomic E-state index is 0.501. The average Bonchev–Trinajstić information content (AvgIpc) is 2.60. The zero-order valence-corrected chi connectivity index (χ0v) is 11.4. The Morgan fingerprint density at radius 3 is 2.12 bits per heavy atom. The quantitative estimate of drug-likeness (QED) is 0.837. The monoisotopic (exact) mass is 296 g/mol. The van der Waals surface area contributed by atoms with Gasteiger partial charge < -0.3 is 4.42 Å². The van der Waals surface area contributed by atoms with Gasteiger partial charge in [0.2, 0.25) is 5.89 Å². The fourth-order valence-electron chi connectivity index (χ4n) is 5.13. The summed E-state index contributed by atoms with van der Waals surface area (Å²) in [5.41, 5.74) is 0.501. The van der Waals surface area contributed by atoms with Gasteiger partial charge in [-0.15, -0.1) is 10.2 Å². The van der Waals surface area contributed by atoms with Crippen molar-refractivity contribution < 1.29 is 4.42 Å². The first-order valence-corrected chi connectivity index (χ1v) is 7.48. The first kappa shape index (κ1) is 10.5. The largest absolute Gasteiger partial charge is 0.416 e. The molecule has 0 atom stereocenters. The van der Waals surface area contributed by atoms with Gasteiger partial charge in [-0.05, 0) is 61.7 Å². The second-order valence-corrected chi connectivity index (χ2v) is 7.22. The second-order valence-electron chi connectivity index (χ2n) is 6.54. The van der Waals surface area contributed by atoms with Gasteiger partial charge in [-0.25, -0.2) is 0 Å². The number of nitrogens with zero attached hydrogens (tertiary/aromatic N) is 2. The van der Waals surface area contributed by atoms with Gasteiger partial charge in [-0.2, -0.15) is 0 Å². The standard InChI is InChI=1S/C13H17BrN2O/c14-12-16-15-11(17-12)7-13-4-8-1-9(5-13)3-10(2-8)6-13/h8-10H,1-7H2. The molecule has 5 rings (SSSR count). The zero-order chi connectivity index (χ0) is 11.5. The first-order valence-electron chi connectivity index (χ1n) is 6.69. The molecule has 17 heavy (non-hydrogen) atoms. The summed E-state index contributed by atoms with van der Waals surface area (Å²) in [6, 6.07) is 0. The van der Waals surface area contributed by atoms with Crippen LogP contribution in [0.1, 0.15) is 44.4 Å². The summed E-state index contributed by atoms with van der Waals surface area (Å²) in [4.78, 5) is 0.525. The van der Waals surface area contributed by atoms with Gasteiger partial charge in [-0.1, -0.05) is 0 Å². The van der Waals surface area contributed by atoms with E-state index in [1.54, 1.807) is 0 Å². The Bertz CT molecular complexity index is 407. The molecule has 0 aliphatic heterocycles. The van der Waals surface area contributed by atoms with E-state index >= 15 is 0 Å². The van der Waals surface area contributed by atoms with Crippen molar-refractivity contribution >= 4 is 15.9 Å². The molecule has 0 amide bonds. The molecule has 0 radical (unpaired) electrons. The van der Waals surface area contributed by atoms with Crippen molar-refractivity contribution in [3.8, 4) is 0 Å². The van der Waals surface area contributed by atoms with Crippen molar-refractivity contribution in [1.82, 2.24) is 10.2 Å². The molecule has 4 saturated carbocycles. The molecule has 4 fully saturated rings. The third kappa shape index (κ3) is 1.76. The van der Waals surface area contributed by atoms with Crippen molar-refractivity contribution in [1.29, 1.82) is 0 Å². The fraction of sp³-hybridized carbons (Fsp3) is 0.846. The van der Waals surface area contributed by atoms with E-state index < -0.39 is 0 Å². The highest BCUT2D eigenvalue weighted by Crippen LogP contribution is 2.60. The molecule has 4 heteroatoms. The number of rotatable bonds is 2. The SMILES string of the molecule is Brc1nnc(CC23CC4CC(CC(C4)C2)C3)o1. The minimum atomic E-state index is 0.501. The van der Waals surface area contributed by atoms with Crippen LogP contribution in [0.3, 0.4) is 0 Å². The van der Waals surface area contributed by atoms with Crippen LogP contribution in [0.15, 0.2) is 9.22 Å². The van der Waals surface area contributed by atoms with Gasteiger partial charge >= 0.3 is 0 Å². The van der Waals surface area contributed by atoms with E-state index in [1.807, 2.05) is 0 Å². The van der Waals surface area contributed by atoms with Crippen LogP contribution in [0.25, 0.3) is 0 Å². The number of hydrogen-bond donors (Lipinski definition) is 0. The maximum Gasteiger partial charge on any atom is 0.284 e. The van der Waals surface area contributed by atoms with Crippen LogP contribution in [0.2, 0.25) is 0 Å². The Kier molecular flexibility index (Phi) is 2.21. The molecule has 92 valence electrons. The van der Waals surface area contributed by atoms with E-state index in [-0.39, 0.29) is 0 Å². The molecule has 4 bridgehead atoms. The second kappa shape index (κ2) is 3.56. The van der Waals surface area contributed by atoms with Gasteiger partial charge in [0.05, 0.1) is 0 Å². The molecule has 4 aliphatic rings. The summed E-state index contributed by atoms with van der Waals surface area (Å²) in [6.07, 6.45) is 9.69. The third-order valence-corrected chi connectivity index (χ3v) is 5.45. The van der Waals surface area contributed by atoms with Gasteiger partial charge in [0.1, 0.15) is 0 Å². The molecule has 4 aliphatic carbocycles. The number of hydrogen-bond acceptors (Lipinski definition) is 3. The molecule has 0 unspecified atom stereocenters. The summed E-state index contributed by atoms with van der Waals surface area (Å²) in [5.74, 6) is 3.81. The molecule has 0 N–H and O–H groups in total. The van der Waals surface area contributed by atoms with E-state index in [9.17, 15) is 0 Å². The van der Waals surface area contributed by atoms with Crippen molar-refractivity contribution in [2.75, 3.05) is 0 Å². The topological polar surface area (TPSA) is 38.9 Å². The van der Waals surface area contributed by atoms with Gasteiger partial charge in [-0.3, -0.25) is 0 Å². The molecule has 1 aromatic heterocycles. The molecular weight excluding hydrogens is 280 g/mol. The van der Waals surface area contributed by atoms with Crippen LogP contribution in [0.5, 0.6) is 0 Å². The Balaban J connectivity index is 1.60. The van der Waals surface area contributed by atoms with E-state index in [0.717, 1.165) is 30.1 Å². The molecule has 0 saturated heterocycles. The molecule has 0 spiro atoms. The number of aromatic nitrogens is 2. The first-order chi connectivity index (χ1) is 8.21. The highest BCUT2D eigenvalue weighted by atomic mass is 79.9. The van der Waals surface area contributed by atoms with Crippen molar-refractivity contribution in [2.24, 2.45) is 23.2 Å². The van der Waals surface area contributed by atoms with Crippen LogP contribution in [-0.2, 0) is 6.42 Å². The Hall–Kier alpha value is -0.380. The van der Waals surface area contributed by atoms with E-state index in [0.29, 0.717) is 10.2 Å². The lowest BCUT2D eigenvalue weighted by atomic mass is 9.49. The normalized spacial score (nSPS) is 43.2. The predicted octanol–water partition coefficient (Wildman–Crippen LogP) is 3.59. The molecular formula is C13H17BrN2O. The van der Waals surface area contributed by atoms with Gasteiger partial charge in [0.25, 0.3) is 4.80 Å². The Morgan fingerprint density at radius 2 is 1.65 bits per heavy atom. The summed E-state index contributed by atoms with van der Waals surface area (Å²) < 4.78 is 5.52. The molecule has 3 nitrogen and oxygen atoms in total. The minimum Gasteiger partial charge on any atom is -0.416 e. The fourth-order valence-corrected chi connectivity index (χ4v) is 5.40. The summed E-state index contributed by atoms with van der Waals surface area (Å²) in [7, 11) is 0. The van der Waals surface area contributed by atoms with Crippen molar-refractivity contribution in [2.45, 2.75) is 44.9 Å². The maximum atomic E-state index is 5.52. The number of halogens is 1. The van der Waals surface area contributed by atoms with Crippen molar-refractivity contribution in [3.05, 3.63) is 10.7 Å². The lowest BCUT2D eigenvalue weighted by Crippen LogP contribution is -2.47. The van der Waals surface area contributed by atoms with E-state index in [2.05, 4.69) is 26.1 Å². The lowest BCUT2D eigenvalue weighted by molar-refractivity contribution is -0.0551. The summed E-state index contributed by atoms with van der Waals surface area (Å²) in [5, 5.41) is 8.04. The molecule has 1 aromatic rings. The third-order valence-electron chi connectivity index (χ3n) is 5.13. The van der Waals surface area contributed by atoms with Crippen LogP contribution in [-0.4, -0.2) is 10.2 Å². The highest BCUT2D eigenvalue weighted by molar-refractivity contribution is 9.10. The van der Waals surface area contributed by atoms with Crippen molar-refractivity contribution in [3.63, 3.8) is 0 Å². The molecule has 0 aromatic carbocycles. The van der Waals surface area contributed by atoms with Gasteiger partial charge in [0, 0.05) is 22.4 Å². The predicted molar refractivity (Wildman–Crippen MR) is 66.3 cm³/mol. The van der Waals surface area contributed by atoms with E-state index in [4.69, 9.17) is 4.42 Å². The van der Waals surface area contributed by atoms with Crippen LogP contribution in [0, 0.1) is 23.2 Å². The summed E-state index contributed by atoms with van der Waals surface area (Å²) >= 11 is 3.24. The lowest BCUT2D eigenvalue weighted by Gasteiger charge is -2.56. The van der Waals surface area contributed by atoms with Gasteiger partial charge in [0.15, 0.2) is 0 Å². The van der Waals surface area contributed by atoms with Crippen LogP contribution in [0.4, 0.5) is 0 Å². The smallest absolute Gasteiger partial charge is 0.284 e. The zero-order valence-electron chi connectivity index (χ0n) is 9.86.